The first-order valence-corrected chi connectivity index (χ1v) is 11.1. The molecule has 6 heteroatoms. The van der Waals surface area contributed by atoms with Crippen LogP contribution in [0.2, 0.25) is 0 Å². The molecular weight excluding hydrogens is 390 g/mol. The van der Waals surface area contributed by atoms with Crippen LogP contribution in [-0.2, 0) is 9.53 Å². The highest BCUT2D eigenvalue weighted by atomic mass is 16.5. The van der Waals surface area contributed by atoms with E-state index in [2.05, 4.69) is 48.4 Å². The van der Waals surface area contributed by atoms with Crippen molar-refractivity contribution in [3.63, 3.8) is 0 Å². The Morgan fingerprint density at radius 3 is 2.58 bits per heavy atom. The van der Waals surface area contributed by atoms with Crippen molar-refractivity contribution >= 4 is 11.6 Å². The van der Waals surface area contributed by atoms with Crippen molar-refractivity contribution in [2.24, 2.45) is 5.92 Å². The van der Waals surface area contributed by atoms with Crippen LogP contribution >= 0.6 is 0 Å². The SMILES string of the molecule is Cc1c(-c2ccc(OC3CCN(C(=O)COCC(C)C)CC3)cc2)ccc2nccn12. The van der Waals surface area contributed by atoms with Gasteiger partial charge in [0.05, 0.1) is 0 Å². The summed E-state index contributed by atoms with van der Waals surface area (Å²) in [4.78, 5) is 18.5. The smallest absolute Gasteiger partial charge is 0.248 e. The van der Waals surface area contributed by atoms with Crippen LogP contribution in [-0.4, -0.2) is 52.6 Å². The van der Waals surface area contributed by atoms with Crippen LogP contribution in [0.25, 0.3) is 16.8 Å². The van der Waals surface area contributed by atoms with Crippen LogP contribution in [0.5, 0.6) is 5.75 Å². The number of fused-ring (bicyclic) bond motifs is 1. The van der Waals surface area contributed by atoms with Crippen molar-refractivity contribution in [2.75, 3.05) is 26.3 Å². The third-order valence-corrected chi connectivity index (χ3v) is 5.76. The number of hydrogen-bond acceptors (Lipinski definition) is 4. The quantitative estimate of drug-likeness (QED) is 0.569. The second-order valence-corrected chi connectivity index (χ2v) is 8.62. The van der Waals surface area contributed by atoms with Crippen LogP contribution in [0.1, 0.15) is 32.4 Å². The number of nitrogens with zero attached hydrogens (tertiary/aromatic N) is 3. The van der Waals surface area contributed by atoms with Gasteiger partial charge in [0, 0.05) is 56.2 Å². The molecule has 164 valence electrons. The number of carbonyl (C=O) groups excluding carboxylic acids is 1. The molecule has 0 N–H and O–H groups in total. The summed E-state index contributed by atoms with van der Waals surface area (Å²) in [5.74, 6) is 1.39. The molecule has 6 nitrogen and oxygen atoms in total. The summed E-state index contributed by atoms with van der Waals surface area (Å²) in [5, 5.41) is 0. The normalized spacial score (nSPS) is 15.0. The Morgan fingerprint density at radius 2 is 1.87 bits per heavy atom. The van der Waals surface area contributed by atoms with Crippen molar-refractivity contribution in [1.82, 2.24) is 14.3 Å². The standard InChI is InChI=1S/C25H31N3O3/c1-18(2)16-30-17-25(29)27-13-10-22(11-14-27)31-21-6-4-20(5-7-21)23-8-9-24-26-12-15-28(24)19(23)3/h4-9,12,15,18,22H,10-11,13-14,16-17H2,1-3H3. The Bertz CT molecular complexity index is 1020. The van der Waals surface area contributed by atoms with Crippen LogP contribution in [0.4, 0.5) is 0 Å². The molecule has 1 amide bonds. The number of likely N-dealkylation sites (tertiary alicyclic amines) is 1. The van der Waals surface area contributed by atoms with Gasteiger partial charge in [-0.3, -0.25) is 4.79 Å². The molecular formula is C25H31N3O3. The van der Waals surface area contributed by atoms with Crippen LogP contribution in [0.3, 0.4) is 0 Å². The zero-order valence-electron chi connectivity index (χ0n) is 18.6. The number of ether oxygens (including phenoxy) is 2. The number of hydrogen-bond donors (Lipinski definition) is 0. The molecule has 0 aliphatic carbocycles. The third-order valence-electron chi connectivity index (χ3n) is 5.76. The van der Waals surface area contributed by atoms with Crippen molar-refractivity contribution < 1.29 is 14.3 Å². The largest absolute Gasteiger partial charge is 0.490 e. The number of pyridine rings is 1. The highest BCUT2D eigenvalue weighted by Crippen LogP contribution is 2.27. The Kier molecular flexibility index (Phi) is 6.56. The van der Waals surface area contributed by atoms with Crippen LogP contribution < -0.4 is 4.74 Å². The molecule has 0 atom stereocenters. The van der Waals surface area contributed by atoms with E-state index in [0.29, 0.717) is 12.5 Å². The first-order chi connectivity index (χ1) is 15.0. The van der Waals surface area contributed by atoms with Crippen LogP contribution in [0, 0.1) is 12.8 Å². The third kappa shape index (κ3) is 5.07. The van der Waals surface area contributed by atoms with Gasteiger partial charge in [0.15, 0.2) is 0 Å². The molecule has 31 heavy (non-hydrogen) atoms. The zero-order valence-corrected chi connectivity index (χ0v) is 18.6. The number of carbonyl (C=O) groups is 1. The number of amides is 1. The topological polar surface area (TPSA) is 56.1 Å². The van der Waals surface area contributed by atoms with Crippen molar-refractivity contribution in [3.8, 4) is 16.9 Å². The molecule has 1 aromatic carbocycles. The lowest BCUT2D eigenvalue weighted by Crippen LogP contribution is -2.43. The predicted molar refractivity (Wildman–Crippen MR) is 121 cm³/mol. The Hall–Kier alpha value is -2.86. The lowest BCUT2D eigenvalue weighted by atomic mass is 10.0. The van der Waals surface area contributed by atoms with Crippen molar-refractivity contribution in [2.45, 2.75) is 39.7 Å². The minimum Gasteiger partial charge on any atom is -0.490 e. The molecule has 2 aromatic heterocycles. The first-order valence-electron chi connectivity index (χ1n) is 11.1. The number of piperidine rings is 1. The van der Waals surface area contributed by atoms with E-state index in [1.54, 1.807) is 0 Å². The molecule has 1 fully saturated rings. The van der Waals surface area contributed by atoms with E-state index in [1.807, 2.05) is 35.5 Å². The van der Waals surface area contributed by atoms with E-state index in [4.69, 9.17) is 9.47 Å². The van der Waals surface area contributed by atoms with Gasteiger partial charge in [-0.25, -0.2) is 4.98 Å². The fourth-order valence-electron chi connectivity index (χ4n) is 4.04. The number of imidazole rings is 1. The second kappa shape index (κ2) is 9.52. The van der Waals surface area contributed by atoms with E-state index in [-0.39, 0.29) is 18.6 Å². The molecule has 0 unspecified atom stereocenters. The van der Waals surface area contributed by atoms with Gasteiger partial charge < -0.3 is 18.8 Å². The number of rotatable bonds is 7. The fraction of sp³-hybridized carbons (Fsp3) is 0.440. The van der Waals surface area contributed by atoms with E-state index in [1.165, 1.54) is 5.56 Å². The molecule has 0 bridgehead atoms. The molecule has 3 heterocycles. The molecule has 0 radical (unpaired) electrons. The number of aromatic nitrogens is 2. The Morgan fingerprint density at radius 1 is 1.13 bits per heavy atom. The van der Waals surface area contributed by atoms with E-state index in [9.17, 15) is 4.79 Å². The number of benzene rings is 1. The van der Waals surface area contributed by atoms with Crippen molar-refractivity contribution in [3.05, 3.63) is 54.5 Å². The minimum atomic E-state index is 0.0775. The minimum absolute atomic E-state index is 0.0775. The van der Waals surface area contributed by atoms with E-state index < -0.39 is 0 Å². The van der Waals surface area contributed by atoms with E-state index in [0.717, 1.165) is 48.6 Å². The molecule has 0 spiro atoms. The highest BCUT2D eigenvalue weighted by Gasteiger charge is 2.24. The summed E-state index contributed by atoms with van der Waals surface area (Å²) in [6.07, 6.45) is 5.62. The van der Waals surface area contributed by atoms with Gasteiger partial charge in [0.2, 0.25) is 5.91 Å². The van der Waals surface area contributed by atoms with Gasteiger partial charge in [-0.1, -0.05) is 26.0 Å². The zero-order chi connectivity index (χ0) is 21.8. The van der Waals surface area contributed by atoms with Gasteiger partial charge in [-0.2, -0.15) is 0 Å². The average Bonchev–Trinajstić information content (AvgIpc) is 3.25. The highest BCUT2D eigenvalue weighted by molar-refractivity contribution is 5.77. The van der Waals surface area contributed by atoms with Crippen LogP contribution in [0.15, 0.2) is 48.8 Å². The molecule has 1 aliphatic rings. The summed E-state index contributed by atoms with van der Waals surface area (Å²) in [6.45, 7) is 8.51. The Balaban J connectivity index is 1.31. The lowest BCUT2D eigenvalue weighted by Gasteiger charge is -2.32. The summed E-state index contributed by atoms with van der Waals surface area (Å²) in [5.41, 5.74) is 4.46. The van der Waals surface area contributed by atoms with Gasteiger partial charge >= 0.3 is 0 Å². The molecule has 1 saturated heterocycles. The maximum absolute atomic E-state index is 12.3. The summed E-state index contributed by atoms with van der Waals surface area (Å²) < 4.78 is 13.8. The van der Waals surface area contributed by atoms with E-state index >= 15 is 0 Å². The van der Waals surface area contributed by atoms with Gasteiger partial charge in [-0.05, 0) is 42.7 Å². The Labute approximate surface area is 183 Å². The first kappa shape index (κ1) is 21.4. The van der Waals surface area contributed by atoms with Crippen molar-refractivity contribution in [1.29, 1.82) is 0 Å². The van der Waals surface area contributed by atoms with Gasteiger partial charge in [0.25, 0.3) is 0 Å². The molecule has 4 rings (SSSR count). The molecule has 0 saturated carbocycles. The monoisotopic (exact) mass is 421 g/mol. The lowest BCUT2D eigenvalue weighted by molar-refractivity contribution is -0.138. The predicted octanol–water partition coefficient (Wildman–Crippen LogP) is 4.35. The molecule has 3 aromatic rings. The summed E-state index contributed by atoms with van der Waals surface area (Å²) in [6, 6.07) is 12.4. The average molecular weight is 422 g/mol. The second-order valence-electron chi connectivity index (χ2n) is 8.62. The van der Waals surface area contributed by atoms with Gasteiger partial charge in [-0.15, -0.1) is 0 Å². The maximum atomic E-state index is 12.3. The number of aryl methyl sites for hydroxylation is 1. The maximum Gasteiger partial charge on any atom is 0.248 e. The fourth-order valence-corrected chi connectivity index (χ4v) is 4.04. The van der Waals surface area contributed by atoms with Gasteiger partial charge in [0.1, 0.15) is 24.1 Å². The summed E-state index contributed by atoms with van der Waals surface area (Å²) >= 11 is 0. The molecule has 1 aliphatic heterocycles. The summed E-state index contributed by atoms with van der Waals surface area (Å²) in [7, 11) is 0.